The molecule has 0 spiro atoms. The van der Waals surface area contributed by atoms with Gasteiger partial charge in [-0.05, 0) is 36.2 Å². The minimum atomic E-state index is -0.238. The first-order valence-corrected chi connectivity index (χ1v) is 9.62. The van der Waals surface area contributed by atoms with Crippen molar-refractivity contribution in [1.29, 1.82) is 0 Å². The van der Waals surface area contributed by atoms with E-state index in [1.54, 1.807) is 36.4 Å². The van der Waals surface area contributed by atoms with Crippen LogP contribution in [0.25, 0.3) is 0 Å². The third-order valence-corrected chi connectivity index (χ3v) is 4.84. The van der Waals surface area contributed by atoms with E-state index in [4.69, 9.17) is 32.4 Å². The summed E-state index contributed by atoms with van der Waals surface area (Å²) in [5, 5.41) is 9.42. The molecular weight excluding hydrogens is 398 g/mol. The second kappa shape index (κ2) is 9.26. The summed E-state index contributed by atoms with van der Waals surface area (Å²) in [6.45, 7) is 0.460. The quantitative estimate of drug-likeness (QED) is 0.344. The standard InChI is InChI=1S/C18H15Cl2FN2O2S/c19-13-7-8-16(14(20)10-13)24-9-3-6-17-22-23-18(25-17)26-11-12-4-1-2-5-15(12)21/h1-2,4-5,7-8,10H,3,6,9,11H2. The molecule has 0 aliphatic rings. The van der Waals surface area contributed by atoms with Crippen LogP contribution in [0.15, 0.2) is 52.1 Å². The van der Waals surface area contributed by atoms with E-state index in [9.17, 15) is 4.39 Å². The van der Waals surface area contributed by atoms with Crippen molar-refractivity contribution in [2.45, 2.75) is 23.8 Å². The molecule has 0 radical (unpaired) electrons. The molecule has 26 heavy (non-hydrogen) atoms. The molecule has 0 atom stereocenters. The zero-order chi connectivity index (χ0) is 18.4. The molecule has 4 nitrogen and oxygen atoms in total. The van der Waals surface area contributed by atoms with Crippen molar-refractivity contribution in [2.75, 3.05) is 6.61 Å². The maximum absolute atomic E-state index is 13.6. The zero-order valence-corrected chi connectivity index (χ0v) is 16.0. The van der Waals surface area contributed by atoms with Gasteiger partial charge in [-0.2, -0.15) is 0 Å². The maximum atomic E-state index is 13.6. The van der Waals surface area contributed by atoms with Gasteiger partial charge in [0.05, 0.1) is 11.6 Å². The molecule has 2 aromatic carbocycles. The lowest BCUT2D eigenvalue weighted by Crippen LogP contribution is -2.00. The Hall–Kier alpha value is -1.76. The van der Waals surface area contributed by atoms with Crippen molar-refractivity contribution in [2.24, 2.45) is 0 Å². The number of ether oxygens (including phenoxy) is 1. The number of hydrogen-bond donors (Lipinski definition) is 0. The second-order valence-corrected chi connectivity index (χ2v) is 7.14. The second-order valence-electron chi connectivity index (χ2n) is 5.37. The van der Waals surface area contributed by atoms with Crippen LogP contribution in [-0.2, 0) is 12.2 Å². The normalized spacial score (nSPS) is 10.9. The first-order chi connectivity index (χ1) is 12.6. The van der Waals surface area contributed by atoms with Crippen molar-refractivity contribution >= 4 is 35.0 Å². The lowest BCUT2D eigenvalue weighted by atomic mass is 10.2. The van der Waals surface area contributed by atoms with Gasteiger partial charge >= 0.3 is 0 Å². The molecule has 0 amide bonds. The summed E-state index contributed by atoms with van der Waals surface area (Å²) in [7, 11) is 0. The fourth-order valence-electron chi connectivity index (χ4n) is 2.15. The Bertz CT molecular complexity index is 876. The lowest BCUT2D eigenvalue weighted by Gasteiger charge is -2.07. The first-order valence-electron chi connectivity index (χ1n) is 7.88. The van der Waals surface area contributed by atoms with Gasteiger partial charge in [0, 0.05) is 17.2 Å². The highest BCUT2D eigenvalue weighted by molar-refractivity contribution is 7.98. The Kier molecular flexibility index (Phi) is 6.77. The highest BCUT2D eigenvalue weighted by atomic mass is 35.5. The Labute approximate surface area is 164 Å². The highest BCUT2D eigenvalue weighted by Gasteiger charge is 2.09. The minimum Gasteiger partial charge on any atom is -0.492 e. The van der Waals surface area contributed by atoms with Gasteiger partial charge in [0.2, 0.25) is 5.89 Å². The number of hydrogen-bond acceptors (Lipinski definition) is 5. The van der Waals surface area contributed by atoms with Gasteiger partial charge in [-0.1, -0.05) is 53.2 Å². The number of halogens is 3. The molecule has 0 bridgehead atoms. The summed E-state index contributed by atoms with van der Waals surface area (Å²) in [5.41, 5.74) is 0.602. The van der Waals surface area contributed by atoms with Crippen LogP contribution >= 0.6 is 35.0 Å². The first kappa shape index (κ1) is 19.0. The van der Waals surface area contributed by atoms with Crippen LogP contribution in [0.1, 0.15) is 17.9 Å². The Morgan fingerprint density at radius 1 is 1.12 bits per heavy atom. The predicted molar refractivity (Wildman–Crippen MR) is 101 cm³/mol. The summed E-state index contributed by atoms with van der Waals surface area (Å²) >= 11 is 13.2. The van der Waals surface area contributed by atoms with Gasteiger partial charge in [-0.15, -0.1) is 10.2 Å². The molecule has 0 saturated carbocycles. The fourth-order valence-corrected chi connectivity index (χ4v) is 3.38. The van der Waals surface area contributed by atoms with E-state index in [-0.39, 0.29) is 5.82 Å². The van der Waals surface area contributed by atoms with Gasteiger partial charge in [0.15, 0.2) is 0 Å². The van der Waals surface area contributed by atoms with Crippen LogP contribution in [0, 0.1) is 5.82 Å². The summed E-state index contributed by atoms with van der Waals surface area (Å²) < 4.78 is 24.8. The molecule has 0 saturated heterocycles. The van der Waals surface area contributed by atoms with Crippen LogP contribution < -0.4 is 4.74 Å². The maximum Gasteiger partial charge on any atom is 0.276 e. The number of nitrogens with zero attached hydrogens (tertiary/aromatic N) is 2. The van der Waals surface area contributed by atoms with E-state index in [0.29, 0.717) is 57.7 Å². The van der Waals surface area contributed by atoms with E-state index in [0.717, 1.165) is 0 Å². The summed E-state index contributed by atoms with van der Waals surface area (Å²) in [6, 6.07) is 11.7. The molecular formula is C18H15Cl2FN2O2S. The monoisotopic (exact) mass is 412 g/mol. The molecule has 0 N–H and O–H groups in total. The van der Waals surface area contributed by atoms with Gasteiger partial charge < -0.3 is 9.15 Å². The Morgan fingerprint density at radius 3 is 2.77 bits per heavy atom. The van der Waals surface area contributed by atoms with Crippen molar-refractivity contribution in [3.63, 3.8) is 0 Å². The molecule has 8 heteroatoms. The molecule has 0 aliphatic carbocycles. The van der Waals surface area contributed by atoms with Crippen LogP contribution in [0.3, 0.4) is 0 Å². The highest BCUT2D eigenvalue weighted by Crippen LogP contribution is 2.27. The number of thioether (sulfide) groups is 1. The predicted octanol–water partition coefficient (Wildman–Crippen LogP) is 5.82. The lowest BCUT2D eigenvalue weighted by molar-refractivity contribution is 0.302. The molecule has 0 unspecified atom stereocenters. The molecule has 0 aliphatic heterocycles. The molecule has 3 aromatic rings. The van der Waals surface area contributed by atoms with E-state index >= 15 is 0 Å². The van der Waals surface area contributed by atoms with Crippen LogP contribution in [-0.4, -0.2) is 16.8 Å². The number of benzene rings is 2. The van der Waals surface area contributed by atoms with Crippen molar-refractivity contribution in [3.05, 3.63) is 69.8 Å². The molecule has 0 fully saturated rings. The molecule has 136 valence electrons. The average Bonchev–Trinajstić information content (AvgIpc) is 3.07. The van der Waals surface area contributed by atoms with E-state index in [1.807, 2.05) is 0 Å². The van der Waals surface area contributed by atoms with Crippen molar-refractivity contribution < 1.29 is 13.5 Å². The van der Waals surface area contributed by atoms with Crippen LogP contribution in [0.2, 0.25) is 10.0 Å². The fraction of sp³-hybridized carbons (Fsp3) is 0.222. The van der Waals surface area contributed by atoms with Gasteiger partial charge in [-0.25, -0.2) is 4.39 Å². The number of aromatic nitrogens is 2. The van der Waals surface area contributed by atoms with E-state index in [1.165, 1.54) is 17.8 Å². The van der Waals surface area contributed by atoms with Gasteiger partial charge in [0.1, 0.15) is 11.6 Å². The van der Waals surface area contributed by atoms with E-state index in [2.05, 4.69) is 10.2 Å². The smallest absolute Gasteiger partial charge is 0.276 e. The third kappa shape index (κ3) is 5.37. The SMILES string of the molecule is Fc1ccccc1CSc1nnc(CCCOc2ccc(Cl)cc2Cl)o1. The third-order valence-electron chi connectivity index (χ3n) is 3.44. The Balaban J connectivity index is 1.43. The minimum absolute atomic E-state index is 0.238. The zero-order valence-electron chi connectivity index (χ0n) is 13.6. The van der Waals surface area contributed by atoms with Gasteiger partial charge in [-0.3, -0.25) is 0 Å². The molecule has 1 aromatic heterocycles. The van der Waals surface area contributed by atoms with Crippen molar-refractivity contribution in [1.82, 2.24) is 10.2 Å². The average molecular weight is 413 g/mol. The Morgan fingerprint density at radius 2 is 1.96 bits per heavy atom. The number of aryl methyl sites for hydroxylation is 1. The summed E-state index contributed by atoms with van der Waals surface area (Å²) in [6.07, 6.45) is 1.27. The van der Waals surface area contributed by atoms with Crippen molar-refractivity contribution in [3.8, 4) is 5.75 Å². The largest absolute Gasteiger partial charge is 0.492 e. The topological polar surface area (TPSA) is 48.2 Å². The molecule has 3 rings (SSSR count). The number of rotatable bonds is 8. The van der Waals surface area contributed by atoms with Crippen LogP contribution in [0.4, 0.5) is 4.39 Å². The molecule has 1 heterocycles. The van der Waals surface area contributed by atoms with Gasteiger partial charge in [0.25, 0.3) is 5.22 Å². The summed E-state index contributed by atoms with van der Waals surface area (Å²) in [4.78, 5) is 0. The summed E-state index contributed by atoms with van der Waals surface area (Å²) in [5.74, 6) is 1.30. The van der Waals surface area contributed by atoms with Crippen LogP contribution in [0.5, 0.6) is 5.75 Å². The van der Waals surface area contributed by atoms with E-state index < -0.39 is 0 Å².